The number of aromatic nitrogens is 2. The Kier molecular flexibility index (Phi) is 3.09. The van der Waals surface area contributed by atoms with Crippen LogP contribution in [0.1, 0.15) is 23.1 Å². The fourth-order valence-corrected chi connectivity index (χ4v) is 1.54. The van der Waals surface area contributed by atoms with Crippen LogP contribution in [0.25, 0.3) is 0 Å². The fourth-order valence-electron chi connectivity index (χ4n) is 1.54. The zero-order chi connectivity index (χ0) is 12.3. The number of nitrogens with one attached hydrogen (secondary N) is 2. The normalized spacial score (nSPS) is 10.2. The highest BCUT2D eigenvalue weighted by molar-refractivity contribution is 6.06. The molecule has 17 heavy (non-hydrogen) atoms. The van der Waals surface area contributed by atoms with Crippen molar-refractivity contribution in [3.63, 3.8) is 0 Å². The molecule has 2 aromatic rings. The summed E-state index contributed by atoms with van der Waals surface area (Å²) in [6.45, 7) is 1.95. The zero-order valence-corrected chi connectivity index (χ0v) is 9.53. The molecule has 0 spiro atoms. The first-order valence-corrected chi connectivity index (χ1v) is 5.41. The molecule has 0 unspecified atom stereocenters. The molecule has 0 saturated carbocycles. The van der Waals surface area contributed by atoms with Crippen LogP contribution in [0.2, 0.25) is 0 Å². The summed E-state index contributed by atoms with van der Waals surface area (Å²) in [4.78, 5) is 11.9. The minimum absolute atomic E-state index is 0.241. The fraction of sp³-hybridized carbons (Fsp3) is 0.167. The van der Waals surface area contributed by atoms with Gasteiger partial charge in [0.25, 0.3) is 5.91 Å². The molecule has 5 heteroatoms. The Labute approximate surface area is 99.0 Å². The van der Waals surface area contributed by atoms with Crippen LogP contribution >= 0.6 is 0 Å². The number of aromatic amines is 1. The molecule has 0 radical (unpaired) electrons. The van der Waals surface area contributed by atoms with Gasteiger partial charge in [-0.15, -0.1) is 0 Å². The molecule has 0 fully saturated rings. The van der Waals surface area contributed by atoms with E-state index in [-0.39, 0.29) is 11.6 Å². The number of aryl methyl sites for hydroxylation is 1. The summed E-state index contributed by atoms with van der Waals surface area (Å²) in [5, 5.41) is 9.41. The number of nitrogens with zero attached hydrogens (tertiary/aromatic N) is 1. The summed E-state index contributed by atoms with van der Waals surface area (Å²) < 4.78 is 0. The maximum Gasteiger partial charge on any atom is 0.278 e. The molecule has 0 bridgehead atoms. The van der Waals surface area contributed by atoms with E-state index in [4.69, 9.17) is 5.73 Å². The third-order valence-electron chi connectivity index (χ3n) is 2.48. The van der Waals surface area contributed by atoms with Crippen LogP contribution in [0.15, 0.2) is 30.3 Å². The highest BCUT2D eigenvalue weighted by Gasteiger charge is 2.16. The Hall–Kier alpha value is -2.30. The van der Waals surface area contributed by atoms with Crippen LogP contribution in [-0.2, 0) is 6.42 Å². The Balaban J connectivity index is 2.18. The lowest BCUT2D eigenvalue weighted by Gasteiger charge is -2.03. The number of benzene rings is 1. The van der Waals surface area contributed by atoms with E-state index in [9.17, 15) is 4.79 Å². The van der Waals surface area contributed by atoms with Crippen molar-refractivity contribution in [2.24, 2.45) is 0 Å². The minimum atomic E-state index is -0.301. The summed E-state index contributed by atoms with van der Waals surface area (Å²) in [6.07, 6.45) is 0.720. The van der Waals surface area contributed by atoms with Crippen LogP contribution < -0.4 is 11.1 Å². The maximum atomic E-state index is 11.9. The van der Waals surface area contributed by atoms with Crippen molar-refractivity contribution in [1.82, 2.24) is 10.2 Å². The van der Waals surface area contributed by atoms with Crippen LogP contribution in [0.3, 0.4) is 0 Å². The molecule has 0 saturated heterocycles. The van der Waals surface area contributed by atoms with Gasteiger partial charge in [0, 0.05) is 5.69 Å². The second-order valence-electron chi connectivity index (χ2n) is 3.64. The Morgan fingerprint density at radius 3 is 2.71 bits per heavy atom. The second kappa shape index (κ2) is 4.69. The van der Waals surface area contributed by atoms with Crippen molar-refractivity contribution in [1.29, 1.82) is 0 Å². The van der Waals surface area contributed by atoms with Gasteiger partial charge in [0.2, 0.25) is 0 Å². The van der Waals surface area contributed by atoms with Gasteiger partial charge in [-0.3, -0.25) is 9.89 Å². The van der Waals surface area contributed by atoms with E-state index in [0.29, 0.717) is 5.69 Å². The Morgan fingerprint density at radius 1 is 1.41 bits per heavy atom. The van der Waals surface area contributed by atoms with Gasteiger partial charge < -0.3 is 11.1 Å². The van der Waals surface area contributed by atoms with E-state index in [2.05, 4.69) is 15.5 Å². The smallest absolute Gasteiger partial charge is 0.278 e. The van der Waals surface area contributed by atoms with E-state index in [1.54, 1.807) is 0 Å². The molecule has 1 aromatic carbocycles. The predicted molar refractivity (Wildman–Crippen MR) is 66.8 cm³/mol. The summed E-state index contributed by atoms with van der Waals surface area (Å²) >= 11 is 0. The number of rotatable bonds is 3. The lowest BCUT2D eigenvalue weighted by molar-refractivity contribution is 0.102. The van der Waals surface area contributed by atoms with Crippen molar-refractivity contribution in [2.75, 3.05) is 11.1 Å². The average molecular weight is 230 g/mol. The first-order chi connectivity index (χ1) is 8.22. The highest BCUT2D eigenvalue weighted by atomic mass is 16.2. The number of nitrogen functional groups attached to an aromatic ring is 1. The SMILES string of the molecule is CCc1[nH]nc(C(=O)Nc2ccccc2)c1N. The van der Waals surface area contributed by atoms with Crippen LogP contribution in [0.5, 0.6) is 0 Å². The monoisotopic (exact) mass is 230 g/mol. The molecule has 0 aliphatic rings. The molecular weight excluding hydrogens is 216 g/mol. The van der Waals surface area contributed by atoms with Crippen LogP contribution in [-0.4, -0.2) is 16.1 Å². The minimum Gasteiger partial charge on any atom is -0.395 e. The standard InChI is InChI=1S/C12H14N4O/c1-2-9-10(13)11(16-15-9)12(17)14-8-6-4-3-5-7-8/h3-7H,2,13H2,1H3,(H,14,17)(H,15,16). The summed E-state index contributed by atoms with van der Waals surface area (Å²) in [5.41, 5.74) is 7.97. The number of nitrogens with two attached hydrogens (primary N) is 1. The van der Waals surface area contributed by atoms with Gasteiger partial charge in [-0.2, -0.15) is 5.10 Å². The maximum absolute atomic E-state index is 11.9. The number of carbonyl (C=O) groups excluding carboxylic acids is 1. The topological polar surface area (TPSA) is 83.8 Å². The molecule has 1 heterocycles. The van der Waals surface area contributed by atoms with Crippen molar-refractivity contribution in [3.8, 4) is 0 Å². The van der Waals surface area contributed by atoms with Crippen LogP contribution in [0, 0.1) is 0 Å². The van der Waals surface area contributed by atoms with Crippen molar-refractivity contribution < 1.29 is 4.79 Å². The van der Waals surface area contributed by atoms with Crippen LogP contribution in [0.4, 0.5) is 11.4 Å². The Bertz CT molecular complexity index is 519. The first kappa shape index (κ1) is 11.2. The molecule has 0 aliphatic carbocycles. The van der Waals surface area contributed by atoms with Gasteiger partial charge in [0.15, 0.2) is 5.69 Å². The van der Waals surface area contributed by atoms with E-state index in [1.807, 2.05) is 37.3 Å². The summed E-state index contributed by atoms with van der Waals surface area (Å²) in [5.74, 6) is -0.301. The van der Waals surface area contributed by atoms with Crippen molar-refractivity contribution in [2.45, 2.75) is 13.3 Å². The number of H-pyrrole nitrogens is 1. The van der Waals surface area contributed by atoms with Gasteiger partial charge in [0.1, 0.15) is 0 Å². The lowest BCUT2D eigenvalue weighted by Crippen LogP contribution is -2.14. The van der Waals surface area contributed by atoms with E-state index >= 15 is 0 Å². The first-order valence-electron chi connectivity index (χ1n) is 5.41. The van der Waals surface area contributed by atoms with Crippen molar-refractivity contribution >= 4 is 17.3 Å². The molecule has 5 nitrogen and oxygen atoms in total. The number of amides is 1. The summed E-state index contributed by atoms with van der Waals surface area (Å²) in [7, 11) is 0. The highest BCUT2D eigenvalue weighted by Crippen LogP contribution is 2.16. The zero-order valence-electron chi connectivity index (χ0n) is 9.53. The number of hydrogen-bond donors (Lipinski definition) is 3. The predicted octanol–water partition coefficient (Wildman–Crippen LogP) is 1.81. The van der Waals surface area contributed by atoms with E-state index < -0.39 is 0 Å². The largest absolute Gasteiger partial charge is 0.395 e. The molecule has 0 aliphatic heterocycles. The summed E-state index contributed by atoms with van der Waals surface area (Å²) in [6, 6.07) is 9.19. The van der Waals surface area contributed by atoms with Gasteiger partial charge in [-0.1, -0.05) is 25.1 Å². The second-order valence-corrected chi connectivity index (χ2v) is 3.64. The molecule has 1 aromatic heterocycles. The van der Waals surface area contributed by atoms with E-state index in [1.165, 1.54) is 0 Å². The van der Waals surface area contributed by atoms with Crippen molar-refractivity contribution in [3.05, 3.63) is 41.7 Å². The molecule has 2 rings (SSSR count). The van der Waals surface area contributed by atoms with E-state index in [0.717, 1.165) is 17.8 Å². The molecular formula is C12H14N4O. The van der Waals surface area contributed by atoms with Gasteiger partial charge in [-0.25, -0.2) is 0 Å². The third-order valence-corrected chi connectivity index (χ3v) is 2.48. The van der Waals surface area contributed by atoms with Gasteiger partial charge in [0.05, 0.1) is 11.4 Å². The quantitative estimate of drug-likeness (QED) is 0.751. The number of anilines is 2. The number of carbonyl (C=O) groups is 1. The average Bonchev–Trinajstić information content (AvgIpc) is 2.71. The molecule has 0 atom stereocenters. The molecule has 4 N–H and O–H groups in total. The Morgan fingerprint density at radius 2 is 2.12 bits per heavy atom. The van der Waals surface area contributed by atoms with Gasteiger partial charge >= 0.3 is 0 Å². The number of para-hydroxylation sites is 1. The van der Waals surface area contributed by atoms with Gasteiger partial charge in [-0.05, 0) is 18.6 Å². The molecule has 1 amide bonds. The molecule has 88 valence electrons. The number of hydrogen-bond acceptors (Lipinski definition) is 3. The lowest BCUT2D eigenvalue weighted by atomic mass is 10.2. The third kappa shape index (κ3) is 2.28.